The molecular formula is C18H28O. The van der Waals surface area contributed by atoms with Gasteiger partial charge in [0.15, 0.2) is 0 Å². The molecule has 1 heteroatoms. The van der Waals surface area contributed by atoms with Gasteiger partial charge in [0.2, 0.25) is 0 Å². The monoisotopic (exact) mass is 260 g/mol. The van der Waals surface area contributed by atoms with Gasteiger partial charge in [-0.3, -0.25) is 0 Å². The Morgan fingerprint density at radius 3 is 2.16 bits per heavy atom. The largest absolute Gasteiger partial charge is 0.508 e. The van der Waals surface area contributed by atoms with Gasteiger partial charge in [-0.25, -0.2) is 0 Å². The molecule has 0 atom stereocenters. The van der Waals surface area contributed by atoms with Gasteiger partial charge in [-0.05, 0) is 37.0 Å². The van der Waals surface area contributed by atoms with Crippen LogP contribution in [-0.2, 0) is 6.42 Å². The minimum Gasteiger partial charge on any atom is -0.508 e. The average Bonchev–Trinajstić information content (AvgIpc) is 2.43. The quantitative estimate of drug-likeness (QED) is 0.427. The second-order valence-electron chi connectivity index (χ2n) is 5.25. The van der Waals surface area contributed by atoms with E-state index in [0.29, 0.717) is 5.75 Å². The van der Waals surface area contributed by atoms with E-state index in [2.05, 4.69) is 19.1 Å². The fraction of sp³-hybridized carbons (Fsp3) is 0.556. The molecule has 1 nitrogen and oxygen atoms in total. The van der Waals surface area contributed by atoms with Crippen LogP contribution in [0.15, 0.2) is 36.4 Å². The molecule has 0 saturated carbocycles. The molecule has 0 saturated heterocycles. The van der Waals surface area contributed by atoms with Crippen LogP contribution >= 0.6 is 0 Å². The predicted molar refractivity (Wildman–Crippen MR) is 83.6 cm³/mol. The average molecular weight is 260 g/mol. The summed E-state index contributed by atoms with van der Waals surface area (Å²) in [6, 6.07) is 7.46. The maximum absolute atomic E-state index is 9.18. The van der Waals surface area contributed by atoms with Crippen LogP contribution in [0.5, 0.6) is 5.75 Å². The van der Waals surface area contributed by atoms with Gasteiger partial charge in [0.1, 0.15) is 5.75 Å². The third kappa shape index (κ3) is 8.47. The summed E-state index contributed by atoms with van der Waals surface area (Å²) in [5.74, 6) is 0.343. The zero-order chi connectivity index (χ0) is 13.8. The van der Waals surface area contributed by atoms with E-state index in [1.54, 1.807) is 12.1 Å². The van der Waals surface area contributed by atoms with Crippen molar-refractivity contribution in [2.75, 3.05) is 0 Å². The van der Waals surface area contributed by atoms with Gasteiger partial charge in [0, 0.05) is 0 Å². The lowest BCUT2D eigenvalue weighted by Gasteiger charge is -1.99. The third-order valence-corrected chi connectivity index (χ3v) is 3.43. The lowest BCUT2D eigenvalue weighted by Crippen LogP contribution is -1.81. The van der Waals surface area contributed by atoms with Crippen molar-refractivity contribution in [3.05, 3.63) is 42.0 Å². The number of hydrogen-bond acceptors (Lipinski definition) is 1. The van der Waals surface area contributed by atoms with Crippen LogP contribution in [0, 0.1) is 0 Å². The molecule has 1 N–H and O–H groups in total. The first-order valence-electron chi connectivity index (χ1n) is 7.76. The molecule has 0 aliphatic rings. The van der Waals surface area contributed by atoms with Gasteiger partial charge < -0.3 is 5.11 Å². The fourth-order valence-corrected chi connectivity index (χ4v) is 2.19. The van der Waals surface area contributed by atoms with Crippen molar-refractivity contribution in [1.29, 1.82) is 0 Å². The summed E-state index contributed by atoms with van der Waals surface area (Å²) < 4.78 is 0. The van der Waals surface area contributed by atoms with E-state index >= 15 is 0 Å². The van der Waals surface area contributed by atoms with Crippen molar-refractivity contribution in [1.82, 2.24) is 0 Å². The molecule has 1 aromatic carbocycles. The third-order valence-electron chi connectivity index (χ3n) is 3.43. The first kappa shape index (κ1) is 15.8. The SMILES string of the molecule is CCCCCCCCC/C=C/Cc1ccc(O)cc1. The van der Waals surface area contributed by atoms with Crippen molar-refractivity contribution in [2.24, 2.45) is 0 Å². The van der Waals surface area contributed by atoms with E-state index in [1.807, 2.05) is 12.1 Å². The Kier molecular flexibility index (Phi) is 8.87. The van der Waals surface area contributed by atoms with Crippen LogP contribution in [-0.4, -0.2) is 5.11 Å². The summed E-state index contributed by atoms with van der Waals surface area (Å²) in [7, 11) is 0. The molecule has 0 fully saturated rings. The molecule has 0 aliphatic carbocycles. The minimum absolute atomic E-state index is 0.343. The van der Waals surface area contributed by atoms with Gasteiger partial charge in [-0.1, -0.05) is 69.7 Å². The Hall–Kier alpha value is -1.24. The number of benzene rings is 1. The number of unbranched alkanes of at least 4 members (excludes halogenated alkanes) is 7. The molecule has 1 rings (SSSR count). The first-order chi connectivity index (χ1) is 9.33. The summed E-state index contributed by atoms with van der Waals surface area (Å²) in [5, 5.41) is 9.18. The second-order valence-corrected chi connectivity index (χ2v) is 5.25. The summed E-state index contributed by atoms with van der Waals surface area (Å²) in [4.78, 5) is 0. The standard InChI is InChI=1S/C18H28O/c1-2-3-4-5-6-7-8-9-10-11-12-17-13-15-18(19)16-14-17/h10-11,13-16,19H,2-9,12H2,1H3/b11-10+. The Morgan fingerprint density at radius 2 is 1.47 bits per heavy atom. The summed E-state index contributed by atoms with van der Waals surface area (Å²) in [6.07, 6.45) is 16.3. The Labute approximate surface area is 118 Å². The number of phenolic OH excluding ortho intramolecular Hbond substituents is 1. The topological polar surface area (TPSA) is 20.2 Å². The lowest BCUT2D eigenvalue weighted by molar-refractivity contribution is 0.475. The summed E-state index contributed by atoms with van der Waals surface area (Å²) in [5.41, 5.74) is 1.26. The zero-order valence-corrected chi connectivity index (χ0v) is 12.3. The summed E-state index contributed by atoms with van der Waals surface area (Å²) >= 11 is 0. The highest BCUT2D eigenvalue weighted by molar-refractivity contribution is 5.27. The Balaban J connectivity index is 1.97. The van der Waals surface area contributed by atoms with Gasteiger partial charge in [-0.2, -0.15) is 0 Å². The molecule has 0 aromatic heterocycles. The van der Waals surface area contributed by atoms with E-state index in [0.717, 1.165) is 6.42 Å². The predicted octanol–water partition coefficient (Wildman–Crippen LogP) is 5.63. The Morgan fingerprint density at radius 1 is 0.842 bits per heavy atom. The molecule has 1 aromatic rings. The molecule has 0 spiro atoms. The second kappa shape index (κ2) is 10.7. The van der Waals surface area contributed by atoms with Gasteiger partial charge in [0.05, 0.1) is 0 Å². The highest BCUT2D eigenvalue weighted by Gasteiger charge is 1.91. The molecule has 0 radical (unpaired) electrons. The molecular weight excluding hydrogens is 232 g/mol. The maximum Gasteiger partial charge on any atom is 0.115 e. The molecule has 0 aliphatic heterocycles. The number of phenols is 1. The van der Waals surface area contributed by atoms with Gasteiger partial charge in [-0.15, -0.1) is 0 Å². The highest BCUT2D eigenvalue weighted by atomic mass is 16.3. The number of rotatable bonds is 10. The maximum atomic E-state index is 9.18. The van der Waals surface area contributed by atoms with E-state index in [4.69, 9.17) is 0 Å². The summed E-state index contributed by atoms with van der Waals surface area (Å²) in [6.45, 7) is 2.26. The van der Waals surface area contributed by atoms with Crippen LogP contribution in [0.3, 0.4) is 0 Å². The molecule has 19 heavy (non-hydrogen) atoms. The number of hydrogen-bond donors (Lipinski definition) is 1. The zero-order valence-electron chi connectivity index (χ0n) is 12.3. The normalized spacial score (nSPS) is 11.2. The van der Waals surface area contributed by atoms with Crippen molar-refractivity contribution in [3.8, 4) is 5.75 Å². The molecule has 0 bridgehead atoms. The van der Waals surface area contributed by atoms with Crippen molar-refractivity contribution >= 4 is 0 Å². The van der Waals surface area contributed by atoms with E-state index in [9.17, 15) is 5.11 Å². The van der Waals surface area contributed by atoms with Crippen molar-refractivity contribution in [3.63, 3.8) is 0 Å². The van der Waals surface area contributed by atoms with E-state index in [1.165, 1.54) is 56.9 Å². The van der Waals surface area contributed by atoms with Crippen LogP contribution in [0.2, 0.25) is 0 Å². The van der Waals surface area contributed by atoms with Crippen LogP contribution < -0.4 is 0 Å². The lowest BCUT2D eigenvalue weighted by atomic mass is 10.1. The Bertz CT molecular complexity index is 337. The number of allylic oxidation sites excluding steroid dienone is 2. The molecule has 106 valence electrons. The first-order valence-corrected chi connectivity index (χ1v) is 7.76. The smallest absolute Gasteiger partial charge is 0.115 e. The molecule has 0 heterocycles. The van der Waals surface area contributed by atoms with Crippen LogP contribution in [0.4, 0.5) is 0 Å². The van der Waals surface area contributed by atoms with E-state index in [-0.39, 0.29) is 0 Å². The van der Waals surface area contributed by atoms with Crippen molar-refractivity contribution < 1.29 is 5.11 Å². The van der Waals surface area contributed by atoms with E-state index < -0.39 is 0 Å². The highest BCUT2D eigenvalue weighted by Crippen LogP contribution is 2.11. The molecule has 0 unspecified atom stereocenters. The van der Waals surface area contributed by atoms with Crippen LogP contribution in [0.1, 0.15) is 63.9 Å². The van der Waals surface area contributed by atoms with Crippen molar-refractivity contribution in [2.45, 2.75) is 64.7 Å². The van der Waals surface area contributed by atoms with Crippen LogP contribution in [0.25, 0.3) is 0 Å². The molecule has 0 amide bonds. The minimum atomic E-state index is 0.343. The number of aromatic hydroxyl groups is 1. The van der Waals surface area contributed by atoms with Gasteiger partial charge in [0.25, 0.3) is 0 Å². The fourth-order valence-electron chi connectivity index (χ4n) is 2.19. The van der Waals surface area contributed by atoms with Gasteiger partial charge >= 0.3 is 0 Å².